The van der Waals surface area contributed by atoms with Gasteiger partial charge in [-0.15, -0.1) is 0 Å². The van der Waals surface area contributed by atoms with Crippen molar-refractivity contribution in [2.45, 2.75) is 58.0 Å². The Labute approximate surface area is 94.6 Å². The van der Waals surface area contributed by atoms with Crippen molar-refractivity contribution in [3.8, 4) is 0 Å². The molecule has 2 heteroatoms. The molecule has 0 N–H and O–H groups in total. The molecule has 1 saturated carbocycles. The van der Waals surface area contributed by atoms with Gasteiger partial charge in [0.05, 0.1) is 0 Å². The molecule has 0 radical (unpaired) electrons. The zero-order valence-corrected chi connectivity index (χ0v) is 10.4. The molecule has 1 aliphatic heterocycles. The number of hydrogen-bond acceptors (Lipinski definition) is 2. The third-order valence-corrected chi connectivity index (χ3v) is 4.27. The van der Waals surface area contributed by atoms with Gasteiger partial charge in [0.15, 0.2) is 0 Å². The van der Waals surface area contributed by atoms with Crippen LogP contribution in [0.1, 0.15) is 46.0 Å². The summed E-state index contributed by atoms with van der Waals surface area (Å²) in [6.07, 6.45) is 7.08. The molecule has 2 nitrogen and oxygen atoms in total. The second kappa shape index (κ2) is 5.31. The van der Waals surface area contributed by atoms with Crippen LogP contribution in [0.3, 0.4) is 0 Å². The van der Waals surface area contributed by atoms with Crippen molar-refractivity contribution in [1.29, 1.82) is 0 Å². The van der Waals surface area contributed by atoms with Crippen LogP contribution in [-0.2, 0) is 0 Å². The highest BCUT2D eigenvalue weighted by Crippen LogP contribution is 2.25. The largest absolute Gasteiger partial charge is 0.298 e. The minimum absolute atomic E-state index is 0.804. The van der Waals surface area contributed by atoms with E-state index >= 15 is 0 Å². The predicted molar refractivity (Wildman–Crippen MR) is 65.2 cm³/mol. The molecule has 1 saturated heterocycles. The van der Waals surface area contributed by atoms with Gasteiger partial charge in [-0.25, -0.2) is 0 Å². The zero-order valence-electron chi connectivity index (χ0n) is 10.4. The van der Waals surface area contributed by atoms with E-state index in [4.69, 9.17) is 0 Å². The van der Waals surface area contributed by atoms with Crippen molar-refractivity contribution in [1.82, 2.24) is 9.80 Å². The maximum Gasteiger partial charge on any atom is 0.0113 e. The first kappa shape index (κ1) is 11.4. The van der Waals surface area contributed by atoms with E-state index in [0.29, 0.717) is 0 Å². The first-order chi connectivity index (χ1) is 7.31. The monoisotopic (exact) mass is 210 g/mol. The van der Waals surface area contributed by atoms with E-state index < -0.39 is 0 Å². The lowest BCUT2D eigenvalue weighted by Gasteiger charge is -2.44. The molecule has 1 atom stereocenters. The Kier molecular flexibility index (Phi) is 4.04. The lowest BCUT2D eigenvalue weighted by molar-refractivity contribution is 0.0444. The van der Waals surface area contributed by atoms with Crippen LogP contribution in [0, 0.1) is 0 Å². The van der Waals surface area contributed by atoms with Gasteiger partial charge in [0, 0.05) is 38.3 Å². The summed E-state index contributed by atoms with van der Waals surface area (Å²) in [6.45, 7) is 9.93. The van der Waals surface area contributed by atoms with Gasteiger partial charge in [-0.05, 0) is 26.2 Å². The molecule has 0 aromatic rings. The Morgan fingerprint density at radius 2 is 1.80 bits per heavy atom. The molecular weight excluding hydrogens is 184 g/mol. The van der Waals surface area contributed by atoms with Crippen LogP contribution in [0.2, 0.25) is 0 Å². The topological polar surface area (TPSA) is 6.48 Å². The van der Waals surface area contributed by atoms with Crippen LogP contribution in [-0.4, -0.2) is 48.1 Å². The van der Waals surface area contributed by atoms with Crippen LogP contribution in [0.5, 0.6) is 0 Å². The third-order valence-electron chi connectivity index (χ3n) is 4.27. The average molecular weight is 210 g/mol. The van der Waals surface area contributed by atoms with E-state index in [9.17, 15) is 0 Å². The molecule has 1 heterocycles. The summed E-state index contributed by atoms with van der Waals surface area (Å²) in [5.41, 5.74) is 0. The number of piperazine rings is 1. The SMILES string of the molecule is CCCC(C)N1CCN(C2CCC2)CC1. The fraction of sp³-hybridized carbons (Fsp3) is 1.00. The molecule has 1 aliphatic carbocycles. The van der Waals surface area contributed by atoms with E-state index in [2.05, 4.69) is 23.6 Å². The summed E-state index contributed by atoms with van der Waals surface area (Å²) in [4.78, 5) is 5.40. The molecule has 0 bridgehead atoms. The molecular formula is C13H26N2. The first-order valence-electron chi connectivity index (χ1n) is 6.79. The van der Waals surface area contributed by atoms with Crippen molar-refractivity contribution in [2.24, 2.45) is 0 Å². The Morgan fingerprint density at radius 1 is 1.13 bits per heavy atom. The van der Waals surface area contributed by atoms with Crippen molar-refractivity contribution in [2.75, 3.05) is 26.2 Å². The molecule has 0 aromatic carbocycles. The van der Waals surface area contributed by atoms with E-state index in [1.54, 1.807) is 0 Å². The van der Waals surface area contributed by atoms with Crippen LogP contribution < -0.4 is 0 Å². The van der Waals surface area contributed by atoms with E-state index in [0.717, 1.165) is 12.1 Å². The minimum atomic E-state index is 0.804. The summed E-state index contributed by atoms with van der Waals surface area (Å²) in [6, 6.07) is 1.76. The zero-order chi connectivity index (χ0) is 10.7. The van der Waals surface area contributed by atoms with Gasteiger partial charge in [-0.2, -0.15) is 0 Å². The van der Waals surface area contributed by atoms with E-state index in [1.807, 2.05) is 0 Å². The molecule has 15 heavy (non-hydrogen) atoms. The molecule has 2 fully saturated rings. The van der Waals surface area contributed by atoms with Gasteiger partial charge in [-0.3, -0.25) is 9.80 Å². The number of rotatable bonds is 4. The maximum absolute atomic E-state index is 2.72. The van der Waals surface area contributed by atoms with Gasteiger partial charge in [0.1, 0.15) is 0 Å². The second-order valence-corrected chi connectivity index (χ2v) is 5.29. The standard InChI is InChI=1S/C13H26N2/c1-3-5-12(2)14-8-10-15(11-9-14)13-6-4-7-13/h12-13H,3-11H2,1-2H3. The first-order valence-corrected chi connectivity index (χ1v) is 6.79. The Hall–Kier alpha value is -0.0800. The van der Waals surface area contributed by atoms with Gasteiger partial charge in [0.25, 0.3) is 0 Å². The van der Waals surface area contributed by atoms with Gasteiger partial charge < -0.3 is 0 Å². The van der Waals surface area contributed by atoms with Gasteiger partial charge in [0.2, 0.25) is 0 Å². The minimum Gasteiger partial charge on any atom is -0.298 e. The quantitative estimate of drug-likeness (QED) is 0.703. The molecule has 88 valence electrons. The maximum atomic E-state index is 2.72. The van der Waals surface area contributed by atoms with Gasteiger partial charge >= 0.3 is 0 Å². The molecule has 1 unspecified atom stereocenters. The van der Waals surface area contributed by atoms with E-state index in [-0.39, 0.29) is 0 Å². The summed E-state index contributed by atoms with van der Waals surface area (Å²) in [7, 11) is 0. The molecule has 2 aliphatic rings. The normalized spacial score (nSPS) is 27.6. The van der Waals surface area contributed by atoms with Crippen LogP contribution in [0.25, 0.3) is 0 Å². The number of hydrogen-bond donors (Lipinski definition) is 0. The van der Waals surface area contributed by atoms with Crippen LogP contribution in [0.4, 0.5) is 0 Å². The second-order valence-electron chi connectivity index (χ2n) is 5.29. The van der Waals surface area contributed by atoms with Crippen molar-refractivity contribution < 1.29 is 0 Å². The van der Waals surface area contributed by atoms with E-state index in [1.165, 1.54) is 58.3 Å². The highest BCUT2D eigenvalue weighted by molar-refractivity contribution is 4.85. The lowest BCUT2D eigenvalue weighted by atomic mass is 9.91. The third kappa shape index (κ3) is 2.73. The molecule has 2 rings (SSSR count). The Morgan fingerprint density at radius 3 is 2.27 bits per heavy atom. The fourth-order valence-electron chi connectivity index (χ4n) is 2.90. The molecule has 0 amide bonds. The van der Waals surface area contributed by atoms with Crippen molar-refractivity contribution >= 4 is 0 Å². The fourth-order valence-corrected chi connectivity index (χ4v) is 2.90. The number of nitrogens with zero attached hydrogens (tertiary/aromatic N) is 2. The summed E-state index contributed by atoms with van der Waals surface area (Å²) in [5.74, 6) is 0. The highest BCUT2D eigenvalue weighted by atomic mass is 15.3. The Bertz CT molecular complexity index is 181. The van der Waals surface area contributed by atoms with Crippen molar-refractivity contribution in [3.63, 3.8) is 0 Å². The molecule has 0 aromatic heterocycles. The summed E-state index contributed by atoms with van der Waals surface area (Å²) in [5, 5.41) is 0. The van der Waals surface area contributed by atoms with Gasteiger partial charge in [-0.1, -0.05) is 19.8 Å². The summed E-state index contributed by atoms with van der Waals surface area (Å²) >= 11 is 0. The summed E-state index contributed by atoms with van der Waals surface area (Å²) < 4.78 is 0. The van der Waals surface area contributed by atoms with Crippen LogP contribution in [0.15, 0.2) is 0 Å². The van der Waals surface area contributed by atoms with Crippen LogP contribution >= 0.6 is 0 Å². The average Bonchev–Trinajstić information content (AvgIpc) is 2.16. The molecule has 0 spiro atoms. The predicted octanol–water partition coefficient (Wildman–Crippen LogP) is 2.35. The van der Waals surface area contributed by atoms with Crippen molar-refractivity contribution in [3.05, 3.63) is 0 Å². The smallest absolute Gasteiger partial charge is 0.0113 e. The lowest BCUT2D eigenvalue weighted by Crippen LogP contribution is -2.54. The highest BCUT2D eigenvalue weighted by Gasteiger charge is 2.28. The Balaban J connectivity index is 1.71.